The summed E-state index contributed by atoms with van der Waals surface area (Å²) >= 11 is 3.21. The molecule has 2 nitrogen and oxygen atoms in total. The summed E-state index contributed by atoms with van der Waals surface area (Å²) in [5.41, 5.74) is 6.47. The van der Waals surface area contributed by atoms with Gasteiger partial charge in [0.25, 0.3) is 0 Å². The van der Waals surface area contributed by atoms with E-state index in [-0.39, 0.29) is 11.4 Å². The van der Waals surface area contributed by atoms with E-state index in [9.17, 15) is 13.2 Å². The molecule has 15 heavy (non-hydrogen) atoms. The molecule has 0 fully saturated rings. The van der Waals surface area contributed by atoms with E-state index in [0.717, 1.165) is 4.47 Å². The van der Waals surface area contributed by atoms with E-state index < -0.39 is 12.8 Å². The Hall–Kier alpha value is -0.910. The fourth-order valence-electron chi connectivity index (χ4n) is 0.963. The van der Waals surface area contributed by atoms with Crippen LogP contribution in [-0.2, 0) is 0 Å². The Labute approximate surface area is 93.3 Å². The molecule has 0 aliphatic rings. The summed E-state index contributed by atoms with van der Waals surface area (Å²) in [6, 6.07) is 3.00. The number of rotatable bonds is 2. The van der Waals surface area contributed by atoms with Crippen LogP contribution in [0.4, 0.5) is 18.9 Å². The number of nitrogens with two attached hydrogens (primary N) is 1. The zero-order valence-electron chi connectivity index (χ0n) is 7.86. The quantitative estimate of drug-likeness (QED) is 0.846. The van der Waals surface area contributed by atoms with Gasteiger partial charge >= 0.3 is 6.18 Å². The Morgan fingerprint density at radius 3 is 2.53 bits per heavy atom. The fraction of sp³-hybridized carbons (Fsp3) is 0.333. The van der Waals surface area contributed by atoms with Crippen LogP contribution in [0, 0.1) is 6.92 Å². The maximum absolute atomic E-state index is 11.9. The van der Waals surface area contributed by atoms with Crippen molar-refractivity contribution in [2.75, 3.05) is 12.3 Å². The molecule has 0 spiro atoms. The van der Waals surface area contributed by atoms with E-state index in [4.69, 9.17) is 5.73 Å². The lowest BCUT2D eigenvalue weighted by atomic mass is 10.2. The molecule has 0 bridgehead atoms. The third-order valence-corrected chi connectivity index (χ3v) is 2.66. The van der Waals surface area contributed by atoms with Crippen LogP contribution in [0.15, 0.2) is 16.6 Å². The van der Waals surface area contributed by atoms with Crippen molar-refractivity contribution in [3.05, 3.63) is 22.2 Å². The molecule has 0 aliphatic heterocycles. The number of hydrogen-bond donors (Lipinski definition) is 1. The highest BCUT2D eigenvalue weighted by Crippen LogP contribution is 2.31. The standard InChI is InChI=1S/C9H9BrF3NO/c1-5-6(10)2-3-7(8(5)14)15-4-9(11,12)13/h2-3H,4,14H2,1H3. The molecule has 0 saturated heterocycles. The summed E-state index contributed by atoms with van der Waals surface area (Å²) in [5.74, 6) is 0.0491. The lowest BCUT2D eigenvalue weighted by Crippen LogP contribution is -2.19. The van der Waals surface area contributed by atoms with Crippen molar-refractivity contribution < 1.29 is 17.9 Å². The van der Waals surface area contributed by atoms with Crippen LogP contribution >= 0.6 is 15.9 Å². The fourth-order valence-corrected chi connectivity index (χ4v) is 1.31. The molecule has 1 aromatic rings. The third-order valence-electron chi connectivity index (χ3n) is 1.80. The van der Waals surface area contributed by atoms with Crippen LogP contribution < -0.4 is 10.5 Å². The zero-order chi connectivity index (χ0) is 11.6. The summed E-state index contributed by atoms with van der Waals surface area (Å²) in [6.45, 7) is 0.359. The molecular formula is C9H9BrF3NO. The van der Waals surface area contributed by atoms with Crippen LogP contribution in [0.1, 0.15) is 5.56 Å². The van der Waals surface area contributed by atoms with Crippen molar-refractivity contribution in [2.45, 2.75) is 13.1 Å². The first-order chi connectivity index (χ1) is 6.81. The lowest BCUT2D eigenvalue weighted by molar-refractivity contribution is -0.153. The largest absolute Gasteiger partial charge is 0.482 e. The summed E-state index contributed by atoms with van der Waals surface area (Å²) in [7, 11) is 0. The van der Waals surface area contributed by atoms with Gasteiger partial charge in [-0.15, -0.1) is 0 Å². The highest BCUT2D eigenvalue weighted by Gasteiger charge is 2.28. The minimum atomic E-state index is -4.35. The zero-order valence-corrected chi connectivity index (χ0v) is 9.45. The molecule has 0 unspecified atom stereocenters. The summed E-state index contributed by atoms with van der Waals surface area (Å²) in [6.07, 6.45) is -4.35. The van der Waals surface area contributed by atoms with Gasteiger partial charge in [0, 0.05) is 4.47 Å². The molecule has 1 aromatic carbocycles. The Bertz CT molecular complexity index is 365. The Morgan fingerprint density at radius 2 is 2.00 bits per heavy atom. The van der Waals surface area contributed by atoms with Crippen LogP contribution in [0.5, 0.6) is 5.75 Å². The van der Waals surface area contributed by atoms with Crippen molar-refractivity contribution in [1.29, 1.82) is 0 Å². The van der Waals surface area contributed by atoms with Crippen molar-refractivity contribution in [3.8, 4) is 5.75 Å². The number of anilines is 1. The SMILES string of the molecule is Cc1c(Br)ccc(OCC(F)(F)F)c1N. The normalized spacial score (nSPS) is 11.5. The molecule has 6 heteroatoms. The van der Waals surface area contributed by atoms with Crippen molar-refractivity contribution in [3.63, 3.8) is 0 Å². The Balaban J connectivity index is 2.83. The number of nitrogen functional groups attached to an aromatic ring is 1. The molecule has 0 aromatic heterocycles. The van der Waals surface area contributed by atoms with Crippen LogP contribution in [0.2, 0.25) is 0 Å². The van der Waals surface area contributed by atoms with Gasteiger partial charge in [-0.1, -0.05) is 15.9 Å². The lowest BCUT2D eigenvalue weighted by Gasteiger charge is -2.13. The molecule has 1 rings (SSSR count). The van der Waals surface area contributed by atoms with Crippen molar-refractivity contribution in [2.24, 2.45) is 0 Å². The topological polar surface area (TPSA) is 35.2 Å². The second kappa shape index (κ2) is 4.30. The predicted octanol–water partition coefficient (Wildman–Crippen LogP) is 3.28. The highest BCUT2D eigenvalue weighted by molar-refractivity contribution is 9.10. The molecule has 0 radical (unpaired) electrons. The number of benzene rings is 1. The average molecular weight is 284 g/mol. The first-order valence-corrected chi connectivity index (χ1v) is 4.84. The Kier molecular flexibility index (Phi) is 3.49. The van der Waals surface area contributed by atoms with Crippen molar-refractivity contribution in [1.82, 2.24) is 0 Å². The monoisotopic (exact) mass is 283 g/mol. The number of halogens is 4. The van der Waals surface area contributed by atoms with Gasteiger partial charge in [0.1, 0.15) is 5.75 Å². The summed E-state index contributed by atoms with van der Waals surface area (Å²) < 4.78 is 40.9. The van der Waals surface area contributed by atoms with E-state index in [1.807, 2.05) is 0 Å². The molecule has 0 saturated carbocycles. The highest BCUT2D eigenvalue weighted by atomic mass is 79.9. The van der Waals surface area contributed by atoms with Gasteiger partial charge in [-0.2, -0.15) is 13.2 Å². The van der Waals surface area contributed by atoms with Gasteiger partial charge in [0.15, 0.2) is 6.61 Å². The molecule has 0 heterocycles. The number of ether oxygens (including phenoxy) is 1. The smallest absolute Gasteiger partial charge is 0.422 e. The van der Waals surface area contributed by atoms with E-state index in [1.165, 1.54) is 6.07 Å². The molecule has 0 amide bonds. The van der Waals surface area contributed by atoms with E-state index in [0.29, 0.717) is 5.56 Å². The van der Waals surface area contributed by atoms with E-state index in [2.05, 4.69) is 20.7 Å². The average Bonchev–Trinajstić information content (AvgIpc) is 2.12. The van der Waals surface area contributed by atoms with Gasteiger partial charge < -0.3 is 10.5 Å². The van der Waals surface area contributed by atoms with Crippen LogP contribution in [-0.4, -0.2) is 12.8 Å². The van der Waals surface area contributed by atoms with Crippen LogP contribution in [0.25, 0.3) is 0 Å². The molecule has 84 valence electrons. The Morgan fingerprint density at radius 1 is 1.40 bits per heavy atom. The van der Waals surface area contributed by atoms with Crippen LogP contribution in [0.3, 0.4) is 0 Å². The molecular weight excluding hydrogens is 275 g/mol. The van der Waals surface area contributed by atoms with Gasteiger partial charge in [-0.05, 0) is 24.6 Å². The second-order valence-corrected chi connectivity index (χ2v) is 3.84. The predicted molar refractivity (Wildman–Crippen MR) is 54.8 cm³/mol. The summed E-state index contributed by atoms with van der Waals surface area (Å²) in [5, 5.41) is 0. The molecule has 0 aliphatic carbocycles. The number of alkyl halides is 3. The van der Waals surface area contributed by atoms with E-state index >= 15 is 0 Å². The summed E-state index contributed by atoms with van der Waals surface area (Å²) in [4.78, 5) is 0. The van der Waals surface area contributed by atoms with Gasteiger partial charge in [0.05, 0.1) is 5.69 Å². The third kappa shape index (κ3) is 3.30. The molecule has 2 N–H and O–H groups in total. The maximum atomic E-state index is 11.9. The minimum absolute atomic E-state index is 0.0491. The van der Waals surface area contributed by atoms with Gasteiger partial charge in [0.2, 0.25) is 0 Å². The first-order valence-electron chi connectivity index (χ1n) is 4.05. The number of hydrogen-bond acceptors (Lipinski definition) is 2. The first kappa shape index (κ1) is 12.2. The minimum Gasteiger partial charge on any atom is -0.482 e. The molecule has 0 atom stereocenters. The van der Waals surface area contributed by atoms with Gasteiger partial charge in [-0.3, -0.25) is 0 Å². The second-order valence-electron chi connectivity index (χ2n) is 2.99. The maximum Gasteiger partial charge on any atom is 0.422 e. The van der Waals surface area contributed by atoms with Gasteiger partial charge in [-0.25, -0.2) is 0 Å². The van der Waals surface area contributed by atoms with E-state index in [1.54, 1.807) is 13.0 Å². The van der Waals surface area contributed by atoms with Crippen molar-refractivity contribution >= 4 is 21.6 Å².